The highest BCUT2D eigenvalue weighted by Gasteiger charge is 2.31. The van der Waals surface area contributed by atoms with Crippen LogP contribution in [0, 0.1) is 24.2 Å². The van der Waals surface area contributed by atoms with Crippen LogP contribution in [0.3, 0.4) is 0 Å². The van der Waals surface area contributed by atoms with E-state index in [2.05, 4.69) is 27.1 Å². The maximum absolute atomic E-state index is 13.2. The SMILES string of the molecule is Cc1nc(Cc2ccnc(C(=O)N[C@H]3COc4ccc(C#CC(C)(C)C)cc4N(C)C3=O)c2)cs1. The molecular formula is C27H28N4O3S. The van der Waals surface area contributed by atoms with E-state index >= 15 is 0 Å². The number of aryl methyl sites for hydroxylation is 1. The molecule has 0 saturated carbocycles. The molecule has 8 heteroatoms. The van der Waals surface area contributed by atoms with Crippen LogP contribution in [0.15, 0.2) is 41.9 Å². The van der Waals surface area contributed by atoms with Gasteiger partial charge in [0.1, 0.15) is 24.1 Å². The molecule has 0 aliphatic carbocycles. The second kappa shape index (κ2) is 9.88. The maximum atomic E-state index is 13.2. The molecule has 35 heavy (non-hydrogen) atoms. The molecule has 1 aliphatic heterocycles. The second-order valence-electron chi connectivity index (χ2n) is 9.50. The smallest absolute Gasteiger partial charge is 0.270 e. The predicted octanol–water partition coefficient (Wildman–Crippen LogP) is 3.99. The summed E-state index contributed by atoms with van der Waals surface area (Å²) in [7, 11) is 1.67. The Morgan fingerprint density at radius 3 is 2.80 bits per heavy atom. The molecule has 0 radical (unpaired) electrons. The van der Waals surface area contributed by atoms with Gasteiger partial charge in [0.15, 0.2) is 0 Å². The predicted molar refractivity (Wildman–Crippen MR) is 137 cm³/mol. The van der Waals surface area contributed by atoms with E-state index in [-0.39, 0.29) is 23.6 Å². The van der Waals surface area contributed by atoms with E-state index in [1.165, 1.54) is 4.90 Å². The van der Waals surface area contributed by atoms with Crippen molar-refractivity contribution in [1.29, 1.82) is 0 Å². The average Bonchev–Trinajstić information content (AvgIpc) is 3.18. The van der Waals surface area contributed by atoms with Gasteiger partial charge in [0.25, 0.3) is 11.8 Å². The Kier molecular flexibility index (Phi) is 6.90. The van der Waals surface area contributed by atoms with Crippen molar-refractivity contribution in [2.75, 3.05) is 18.6 Å². The van der Waals surface area contributed by atoms with Gasteiger partial charge in [0.2, 0.25) is 0 Å². The number of carbonyl (C=O) groups is 2. The number of fused-ring (bicyclic) bond motifs is 1. The number of thiazole rings is 1. The Morgan fingerprint density at radius 1 is 1.29 bits per heavy atom. The van der Waals surface area contributed by atoms with Gasteiger partial charge in [-0.15, -0.1) is 11.3 Å². The Hall–Kier alpha value is -3.70. The fourth-order valence-electron chi connectivity index (χ4n) is 3.58. The van der Waals surface area contributed by atoms with Gasteiger partial charge in [-0.25, -0.2) is 4.98 Å². The molecule has 1 aromatic carbocycles. The molecule has 0 fully saturated rings. The van der Waals surface area contributed by atoms with Crippen LogP contribution in [0.4, 0.5) is 5.69 Å². The number of hydrogen-bond acceptors (Lipinski definition) is 6. The minimum atomic E-state index is -0.851. The number of ether oxygens (including phenoxy) is 1. The standard InChI is InChI=1S/C27H28N4O3S/c1-17-29-20(16-35-17)12-19-9-11-28-21(13-19)25(32)30-22-15-34-24-7-6-18(8-10-27(2,3)4)14-23(24)31(5)26(22)33/h6-7,9,11,13-14,16,22H,12,15H2,1-5H3,(H,30,32)/t22-/m0/s1. The van der Waals surface area contributed by atoms with Crippen molar-refractivity contribution in [3.63, 3.8) is 0 Å². The Labute approximate surface area is 209 Å². The number of likely N-dealkylation sites (N-methyl/N-ethyl adjacent to an activating group) is 1. The summed E-state index contributed by atoms with van der Waals surface area (Å²) < 4.78 is 5.89. The molecule has 7 nitrogen and oxygen atoms in total. The zero-order valence-electron chi connectivity index (χ0n) is 20.5. The zero-order valence-corrected chi connectivity index (χ0v) is 21.3. The van der Waals surface area contributed by atoms with E-state index in [0.29, 0.717) is 17.9 Å². The monoisotopic (exact) mass is 488 g/mol. The topological polar surface area (TPSA) is 84.4 Å². The summed E-state index contributed by atoms with van der Waals surface area (Å²) in [4.78, 5) is 36.3. The molecule has 1 N–H and O–H groups in total. The minimum absolute atomic E-state index is 0.0206. The normalized spacial score (nSPS) is 15.4. The van der Waals surface area contributed by atoms with E-state index in [0.717, 1.165) is 21.8 Å². The first-order valence-electron chi connectivity index (χ1n) is 11.3. The molecule has 3 aromatic rings. The van der Waals surface area contributed by atoms with Gasteiger partial charge in [-0.05, 0) is 63.6 Å². The van der Waals surface area contributed by atoms with E-state index in [9.17, 15) is 9.59 Å². The molecule has 3 heterocycles. The summed E-state index contributed by atoms with van der Waals surface area (Å²) in [5.41, 5.74) is 3.39. The fraction of sp³-hybridized carbons (Fsp3) is 0.333. The van der Waals surface area contributed by atoms with E-state index in [1.54, 1.807) is 36.7 Å². The van der Waals surface area contributed by atoms with Gasteiger partial charge in [-0.2, -0.15) is 0 Å². The molecule has 4 rings (SSSR count). The second-order valence-corrected chi connectivity index (χ2v) is 10.6. The molecule has 180 valence electrons. The van der Waals surface area contributed by atoms with Crippen LogP contribution in [0.1, 0.15) is 53.1 Å². The van der Waals surface area contributed by atoms with Gasteiger partial charge >= 0.3 is 0 Å². The average molecular weight is 489 g/mol. The Bertz CT molecular complexity index is 1330. The van der Waals surface area contributed by atoms with Crippen molar-refractivity contribution in [3.05, 3.63) is 69.4 Å². The van der Waals surface area contributed by atoms with Crippen LogP contribution in [-0.2, 0) is 11.2 Å². The van der Waals surface area contributed by atoms with Crippen LogP contribution in [-0.4, -0.2) is 41.5 Å². The van der Waals surface area contributed by atoms with E-state index in [1.807, 2.05) is 51.3 Å². The zero-order chi connectivity index (χ0) is 25.2. The quantitative estimate of drug-likeness (QED) is 0.562. The number of benzene rings is 1. The first-order valence-corrected chi connectivity index (χ1v) is 12.2. The lowest BCUT2D eigenvalue weighted by Gasteiger charge is -2.20. The first kappa shape index (κ1) is 24.4. The van der Waals surface area contributed by atoms with Gasteiger partial charge in [-0.1, -0.05) is 11.8 Å². The highest BCUT2D eigenvalue weighted by Crippen LogP contribution is 2.31. The highest BCUT2D eigenvalue weighted by atomic mass is 32.1. The van der Waals surface area contributed by atoms with Crippen molar-refractivity contribution in [3.8, 4) is 17.6 Å². The largest absolute Gasteiger partial charge is 0.489 e. The van der Waals surface area contributed by atoms with Crippen molar-refractivity contribution < 1.29 is 14.3 Å². The van der Waals surface area contributed by atoms with Crippen LogP contribution in [0.2, 0.25) is 0 Å². The molecule has 1 aliphatic rings. The number of pyridine rings is 1. The van der Waals surface area contributed by atoms with Gasteiger partial charge in [-0.3, -0.25) is 14.6 Å². The van der Waals surface area contributed by atoms with Gasteiger partial charge in [0, 0.05) is 36.0 Å². The van der Waals surface area contributed by atoms with Crippen molar-refractivity contribution in [2.45, 2.75) is 40.2 Å². The molecular weight excluding hydrogens is 460 g/mol. The lowest BCUT2D eigenvalue weighted by Crippen LogP contribution is -2.49. The van der Waals surface area contributed by atoms with Crippen LogP contribution < -0.4 is 15.0 Å². The Morgan fingerprint density at radius 2 is 2.09 bits per heavy atom. The molecule has 0 unspecified atom stereocenters. The lowest BCUT2D eigenvalue weighted by atomic mass is 9.97. The first-order chi connectivity index (χ1) is 16.6. The molecule has 0 bridgehead atoms. The maximum Gasteiger partial charge on any atom is 0.270 e. The van der Waals surface area contributed by atoms with E-state index in [4.69, 9.17) is 4.74 Å². The van der Waals surface area contributed by atoms with Crippen molar-refractivity contribution in [2.24, 2.45) is 5.41 Å². The van der Waals surface area contributed by atoms with Crippen LogP contribution >= 0.6 is 11.3 Å². The number of hydrogen-bond donors (Lipinski definition) is 1. The van der Waals surface area contributed by atoms with Gasteiger partial charge < -0.3 is 15.0 Å². The third-order valence-electron chi connectivity index (χ3n) is 5.35. The number of nitrogens with zero attached hydrogens (tertiary/aromatic N) is 3. The number of anilines is 1. The summed E-state index contributed by atoms with van der Waals surface area (Å²) in [6, 6.07) is 8.24. The minimum Gasteiger partial charge on any atom is -0.489 e. The summed E-state index contributed by atoms with van der Waals surface area (Å²) >= 11 is 1.59. The lowest BCUT2D eigenvalue weighted by molar-refractivity contribution is -0.120. The van der Waals surface area contributed by atoms with Crippen molar-refractivity contribution in [1.82, 2.24) is 15.3 Å². The Balaban J connectivity index is 1.48. The molecule has 2 aromatic heterocycles. The fourth-order valence-corrected chi connectivity index (χ4v) is 4.19. The molecule has 0 saturated heterocycles. The summed E-state index contributed by atoms with van der Waals surface area (Å²) in [5, 5.41) is 5.79. The molecule has 2 amide bonds. The molecule has 1 atom stereocenters. The molecule has 0 spiro atoms. The van der Waals surface area contributed by atoms with Crippen LogP contribution in [0.25, 0.3) is 0 Å². The summed E-state index contributed by atoms with van der Waals surface area (Å²) in [6.45, 7) is 8.10. The number of nitrogens with one attached hydrogen (secondary N) is 1. The number of rotatable bonds is 4. The summed E-state index contributed by atoms with van der Waals surface area (Å²) in [5.74, 6) is 6.22. The third-order valence-corrected chi connectivity index (χ3v) is 6.17. The number of carbonyl (C=O) groups excluding carboxylic acids is 2. The number of aromatic nitrogens is 2. The van der Waals surface area contributed by atoms with E-state index < -0.39 is 11.9 Å². The number of amides is 2. The van der Waals surface area contributed by atoms with Crippen molar-refractivity contribution >= 4 is 28.8 Å². The summed E-state index contributed by atoms with van der Waals surface area (Å²) in [6.07, 6.45) is 2.20. The van der Waals surface area contributed by atoms with Crippen LogP contribution in [0.5, 0.6) is 5.75 Å². The third kappa shape index (κ3) is 6.06. The highest BCUT2D eigenvalue weighted by molar-refractivity contribution is 7.09. The van der Waals surface area contributed by atoms with Gasteiger partial charge in [0.05, 0.1) is 16.4 Å².